The van der Waals surface area contributed by atoms with E-state index in [1.165, 1.54) is 6.08 Å². The molecule has 0 heterocycles. The normalized spacial score (nSPS) is 13.6. The Balaban J connectivity index is 4.03. The van der Waals surface area contributed by atoms with Crippen LogP contribution in [0.5, 0.6) is 0 Å². The van der Waals surface area contributed by atoms with Crippen LogP contribution in [0, 0.1) is 0 Å². The molecule has 7 N–H and O–H groups in total. The van der Waals surface area contributed by atoms with Crippen molar-refractivity contribution in [2.45, 2.75) is 64.0 Å². The molecule has 0 fully saturated rings. The summed E-state index contributed by atoms with van der Waals surface area (Å²) in [6, 6.07) is -0.973. The molecule has 0 aliphatic rings. The zero-order chi connectivity index (χ0) is 19.8. The van der Waals surface area contributed by atoms with Gasteiger partial charge in [0, 0.05) is 12.6 Å². The topological polar surface area (TPSA) is 151 Å². The van der Waals surface area contributed by atoms with E-state index < -0.39 is 17.9 Å². The number of hydrogen-bond donors (Lipinski definition) is 5. The van der Waals surface area contributed by atoms with E-state index in [-0.39, 0.29) is 18.5 Å². The van der Waals surface area contributed by atoms with Crippen LogP contribution >= 0.6 is 0 Å². The zero-order valence-electron chi connectivity index (χ0n) is 15.4. The number of unbranched alkanes of at least 4 members (excludes halogenated alkanes) is 3. The summed E-state index contributed by atoms with van der Waals surface area (Å²) in [6.07, 6.45) is 11.9. The summed E-state index contributed by atoms with van der Waals surface area (Å²) in [6.45, 7) is 2.10. The molecule has 0 saturated carbocycles. The molecule has 0 rings (SSSR count). The van der Waals surface area contributed by atoms with Crippen LogP contribution in [0.2, 0.25) is 0 Å². The maximum absolute atomic E-state index is 11.8. The van der Waals surface area contributed by atoms with Gasteiger partial charge in [0.05, 0.1) is 6.10 Å². The lowest BCUT2D eigenvalue weighted by molar-refractivity contribution is -0.141. The second-order valence-electron chi connectivity index (χ2n) is 6.12. The van der Waals surface area contributed by atoms with Gasteiger partial charge in [0.25, 0.3) is 0 Å². The summed E-state index contributed by atoms with van der Waals surface area (Å²) in [4.78, 5) is 26.7. The van der Waals surface area contributed by atoms with Crippen LogP contribution in [0.25, 0.3) is 0 Å². The van der Waals surface area contributed by atoms with Crippen molar-refractivity contribution in [2.75, 3.05) is 6.54 Å². The molecule has 8 heteroatoms. The average molecular weight is 368 g/mol. The number of nitrogens with one attached hydrogen (secondary N) is 1. The number of aliphatic hydroxyl groups is 1. The van der Waals surface area contributed by atoms with Crippen molar-refractivity contribution in [3.63, 3.8) is 0 Å². The summed E-state index contributed by atoms with van der Waals surface area (Å²) >= 11 is 0. The Morgan fingerprint density at radius 2 is 1.85 bits per heavy atom. The molecule has 0 saturated heterocycles. The van der Waals surface area contributed by atoms with Gasteiger partial charge in [0.1, 0.15) is 6.04 Å². The number of hydrogen-bond acceptors (Lipinski definition) is 4. The number of carboxylic acids is 1. The minimum Gasteiger partial charge on any atom is -0.480 e. The molecule has 2 atom stereocenters. The molecule has 0 aliphatic heterocycles. The predicted octanol–water partition coefficient (Wildman–Crippen LogP) is 1.05. The van der Waals surface area contributed by atoms with Crippen LogP contribution in [0.4, 0.5) is 0 Å². The van der Waals surface area contributed by atoms with E-state index in [9.17, 15) is 9.59 Å². The highest BCUT2D eigenvalue weighted by atomic mass is 16.4. The van der Waals surface area contributed by atoms with Crippen LogP contribution in [-0.2, 0) is 9.59 Å². The number of allylic oxidation sites excluding steroid dienone is 3. The Morgan fingerprint density at radius 3 is 2.46 bits per heavy atom. The molecule has 0 aliphatic carbocycles. The number of carboxylic acid groups (broad SMARTS) is 1. The number of carbonyl (C=O) groups is 2. The minimum absolute atomic E-state index is 0.0430. The Hall–Kier alpha value is -2.35. The highest BCUT2D eigenvalue weighted by Crippen LogP contribution is 2.06. The predicted molar refractivity (Wildman–Crippen MR) is 103 cm³/mol. The maximum atomic E-state index is 11.8. The number of nitrogens with two attached hydrogens (primary N) is 2. The Bertz CT molecular complexity index is 497. The summed E-state index contributed by atoms with van der Waals surface area (Å²) in [5.41, 5.74) is 10.4. The first kappa shape index (κ1) is 23.6. The lowest BCUT2D eigenvalue weighted by atomic mass is 10.1. The number of aliphatic carboxylic acids is 1. The van der Waals surface area contributed by atoms with Crippen molar-refractivity contribution < 1.29 is 19.8 Å². The fraction of sp³-hybridized carbons (Fsp3) is 0.611. The Kier molecular flexibility index (Phi) is 13.6. The first-order valence-electron chi connectivity index (χ1n) is 8.93. The SMILES string of the molecule is C[C@H](O)CCCCC/C=C/C=C/C(=O)N[C@@H](CCCN=C(N)N)C(=O)O. The van der Waals surface area contributed by atoms with Gasteiger partial charge < -0.3 is 27.0 Å². The highest BCUT2D eigenvalue weighted by Gasteiger charge is 2.17. The lowest BCUT2D eigenvalue weighted by Crippen LogP contribution is -2.40. The Labute approximate surface area is 155 Å². The quantitative estimate of drug-likeness (QED) is 0.102. The van der Waals surface area contributed by atoms with Crippen molar-refractivity contribution in [3.8, 4) is 0 Å². The summed E-state index contributed by atoms with van der Waals surface area (Å²) < 4.78 is 0. The van der Waals surface area contributed by atoms with Crippen LogP contribution in [0.3, 0.4) is 0 Å². The third-order valence-electron chi connectivity index (χ3n) is 3.55. The fourth-order valence-corrected chi connectivity index (χ4v) is 2.18. The average Bonchev–Trinajstić information content (AvgIpc) is 2.55. The molecule has 0 aromatic carbocycles. The van der Waals surface area contributed by atoms with Crippen LogP contribution in [0.15, 0.2) is 29.3 Å². The standard InChI is InChI=1S/C18H32N4O4/c1-14(23)10-7-5-3-2-4-6-8-12-16(24)22-15(17(25)26)11-9-13-21-18(19)20/h4,6,8,12,14-15,23H,2-3,5,7,9-11,13H2,1H3,(H,22,24)(H,25,26)(H4,19,20,21)/b6-4+,12-8+/t14-,15-/m0/s1. The van der Waals surface area contributed by atoms with Gasteiger partial charge in [-0.2, -0.15) is 0 Å². The molecule has 0 radical (unpaired) electrons. The molecule has 0 aromatic rings. The third-order valence-corrected chi connectivity index (χ3v) is 3.55. The number of carbonyl (C=O) groups excluding carboxylic acids is 1. The van der Waals surface area contributed by atoms with Gasteiger partial charge in [0.2, 0.25) is 5.91 Å². The van der Waals surface area contributed by atoms with E-state index in [0.717, 1.165) is 32.1 Å². The maximum Gasteiger partial charge on any atom is 0.326 e. The van der Waals surface area contributed by atoms with E-state index in [1.54, 1.807) is 19.1 Å². The zero-order valence-corrected chi connectivity index (χ0v) is 15.4. The molecule has 26 heavy (non-hydrogen) atoms. The van der Waals surface area contributed by atoms with E-state index in [2.05, 4.69) is 10.3 Å². The van der Waals surface area contributed by atoms with E-state index >= 15 is 0 Å². The monoisotopic (exact) mass is 368 g/mol. The lowest BCUT2D eigenvalue weighted by Gasteiger charge is -2.12. The first-order chi connectivity index (χ1) is 12.3. The fourth-order valence-electron chi connectivity index (χ4n) is 2.18. The van der Waals surface area contributed by atoms with Crippen LogP contribution in [-0.4, -0.2) is 46.7 Å². The molecule has 0 spiro atoms. The molecular weight excluding hydrogens is 336 g/mol. The summed E-state index contributed by atoms with van der Waals surface area (Å²) in [5.74, 6) is -1.59. The largest absolute Gasteiger partial charge is 0.480 e. The minimum atomic E-state index is -1.09. The third kappa shape index (κ3) is 15.2. The number of aliphatic hydroxyl groups excluding tert-OH is 1. The van der Waals surface area contributed by atoms with Crippen molar-refractivity contribution in [2.24, 2.45) is 16.5 Å². The molecular formula is C18H32N4O4. The molecule has 0 aromatic heterocycles. The number of amides is 1. The van der Waals surface area contributed by atoms with Gasteiger partial charge >= 0.3 is 5.97 Å². The van der Waals surface area contributed by atoms with Crippen LogP contribution < -0.4 is 16.8 Å². The van der Waals surface area contributed by atoms with Crippen molar-refractivity contribution in [1.82, 2.24) is 5.32 Å². The molecule has 0 bridgehead atoms. The van der Waals surface area contributed by atoms with Gasteiger partial charge in [-0.3, -0.25) is 9.79 Å². The van der Waals surface area contributed by atoms with Crippen molar-refractivity contribution >= 4 is 17.8 Å². The van der Waals surface area contributed by atoms with Gasteiger partial charge in [0.15, 0.2) is 5.96 Å². The second kappa shape index (κ2) is 14.9. The molecule has 8 nitrogen and oxygen atoms in total. The highest BCUT2D eigenvalue weighted by molar-refractivity contribution is 5.91. The van der Waals surface area contributed by atoms with Gasteiger partial charge in [-0.1, -0.05) is 31.1 Å². The van der Waals surface area contributed by atoms with E-state index in [1.807, 2.05) is 6.08 Å². The summed E-state index contributed by atoms with van der Waals surface area (Å²) in [7, 11) is 0. The Morgan fingerprint density at radius 1 is 1.12 bits per heavy atom. The van der Waals surface area contributed by atoms with Crippen molar-refractivity contribution in [3.05, 3.63) is 24.3 Å². The number of nitrogens with zero attached hydrogens (tertiary/aromatic N) is 1. The number of aliphatic imine (C=N–C) groups is 1. The van der Waals surface area contributed by atoms with Crippen molar-refractivity contribution in [1.29, 1.82) is 0 Å². The first-order valence-corrected chi connectivity index (χ1v) is 8.93. The van der Waals surface area contributed by atoms with Gasteiger partial charge in [-0.05, 0) is 39.0 Å². The molecule has 0 unspecified atom stereocenters. The molecule has 148 valence electrons. The van der Waals surface area contributed by atoms with E-state index in [4.69, 9.17) is 21.7 Å². The van der Waals surface area contributed by atoms with E-state index in [0.29, 0.717) is 13.0 Å². The van der Waals surface area contributed by atoms with Crippen LogP contribution in [0.1, 0.15) is 51.9 Å². The molecule has 1 amide bonds. The summed E-state index contributed by atoms with van der Waals surface area (Å²) in [5, 5.41) is 20.7. The second-order valence-corrected chi connectivity index (χ2v) is 6.12. The smallest absolute Gasteiger partial charge is 0.326 e. The van der Waals surface area contributed by atoms with Gasteiger partial charge in [-0.15, -0.1) is 0 Å². The number of guanidine groups is 1. The van der Waals surface area contributed by atoms with Gasteiger partial charge in [-0.25, -0.2) is 4.79 Å². The number of rotatable bonds is 14.